The molecule has 0 saturated carbocycles. The standard InChI is InChI=1S/C9H7N3/c1-6-2-3-7-8(4-6)11-12-9(7)5-10/h2-4H,1H3,(H,11,12). The van der Waals surface area contributed by atoms with Gasteiger partial charge in [-0.05, 0) is 24.6 Å². The van der Waals surface area contributed by atoms with Gasteiger partial charge in [-0.15, -0.1) is 0 Å². The van der Waals surface area contributed by atoms with Crippen LogP contribution in [0, 0.1) is 18.3 Å². The van der Waals surface area contributed by atoms with E-state index >= 15 is 0 Å². The van der Waals surface area contributed by atoms with Gasteiger partial charge in [0.25, 0.3) is 0 Å². The van der Waals surface area contributed by atoms with Gasteiger partial charge in [-0.1, -0.05) is 6.07 Å². The minimum Gasteiger partial charge on any atom is -0.276 e. The lowest BCUT2D eigenvalue weighted by molar-refractivity contribution is 1.10. The molecular formula is C9H7N3. The summed E-state index contributed by atoms with van der Waals surface area (Å²) in [4.78, 5) is 0. The maximum Gasteiger partial charge on any atom is 0.170 e. The Morgan fingerprint density at radius 2 is 2.33 bits per heavy atom. The number of aromatic nitrogens is 2. The molecule has 0 aliphatic rings. The first-order chi connectivity index (χ1) is 5.81. The highest BCUT2D eigenvalue weighted by Crippen LogP contribution is 2.15. The fourth-order valence-electron chi connectivity index (χ4n) is 1.22. The Morgan fingerprint density at radius 3 is 3.08 bits per heavy atom. The number of aromatic amines is 1. The monoisotopic (exact) mass is 157 g/mol. The molecule has 0 bridgehead atoms. The van der Waals surface area contributed by atoms with Gasteiger partial charge in [0.05, 0.1) is 5.52 Å². The van der Waals surface area contributed by atoms with Gasteiger partial charge >= 0.3 is 0 Å². The first-order valence-corrected chi connectivity index (χ1v) is 3.66. The number of rotatable bonds is 0. The number of H-pyrrole nitrogens is 1. The van der Waals surface area contributed by atoms with Crippen LogP contribution < -0.4 is 0 Å². The summed E-state index contributed by atoms with van der Waals surface area (Å²) in [7, 11) is 0. The van der Waals surface area contributed by atoms with Crippen molar-refractivity contribution in [3.8, 4) is 6.07 Å². The third-order valence-electron chi connectivity index (χ3n) is 1.82. The van der Waals surface area contributed by atoms with Crippen LogP contribution in [0.5, 0.6) is 0 Å². The molecule has 1 aromatic heterocycles. The molecule has 0 radical (unpaired) electrons. The summed E-state index contributed by atoms with van der Waals surface area (Å²) < 4.78 is 0. The summed E-state index contributed by atoms with van der Waals surface area (Å²) in [5, 5.41) is 16.2. The molecule has 1 N–H and O–H groups in total. The normalized spacial score (nSPS) is 10.0. The number of benzene rings is 1. The molecule has 12 heavy (non-hydrogen) atoms. The molecule has 1 heterocycles. The molecule has 58 valence electrons. The summed E-state index contributed by atoms with van der Waals surface area (Å²) >= 11 is 0. The molecule has 0 aliphatic heterocycles. The zero-order valence-corrected chi connectivity index (χ0v) is 6.63. The van der Waals surface area contributed by atoms with Crippen molar-refractivity contribution in [3.63, 3.8) is 0 Å². The topological polar surface area (TPSA) is 52.5 Å². The molecular weight excluding hydrogens is 150 g/mol. The second-order valence-corrected chi connectivity index (χ2v) is 2.73. The van der Waals surface area contributed by atoms with Gasteiger partial charge in [-0.2, -0.15) is 10.4 Å². The van der Waals surface area contributed by atoms with E-state index in [0.29, 0.717) is 5.69 Å². The highest BCUT2D eigenvalue weighted by molar-refractivity contribution is 5.83. The van der Waals surface area contributed by atoms with E-state index in [1.54, 1.807) is 0 Å². The van der Waals surface area contributed by atoms with E-state index in [4.69, 9.17) is 5.26 Å². The fraction of sp³-hybridized carbons (Fsp3) is 0.111. The lowest BCUT2D eigenvalue weighted by Crippen LogP contribution is -1.73. The summed E-state index contributed by atoms with van der Waals surface area (Å²) in [6.45, 7) is 2.01. The molecule has 0 amide bonds. The van der Waals surface area contributed by atoms with Crippen LogP contribution in [0.4, 0.5) is 0 Å². The number of nitrogens with one attached hydrogen (secondary N) is 1. The highest BCUT2D eigenvalue weighted by Gasteiger charge is 2.02. The van der Waals surface area contributed by atoms with Gasteiger partial charge in [0.15, 0.2) is 5.69 Å². The predicted molar refractivity (Wildman–Crippen MR) is 45.5 cm³/mol. The van der Waals surface area contributed by atoms with Crippen molar-refractivity contribution >= 4 is 10.9 Å². The third kappa shape index (κ3) is 0.857. The second kappa shape index (κ2) is 2.35. The zero-order chi connectivity index (χ0) is 8.55. The smallest absolute Gasteiger partial charge is 0.170 e. The zero-order valence-electron chi connectivity index (χ0n) is 6.63. The molecule has 1 aromatic carbocycles. The Morgan fingerprint density at radius 1 is 1.50 bits per heavy atom. The maximum atomic E-state index is 8.66. The van der Waals surface area contributed by atoms with Crippen LogP contribution in [0.15, 0.2) is 18.2 Å². The van der Waals surface area contributed by atoms with E-state index in [1.165, 1.54) is 0 Å². The average Bonchev–Trinajstić information content (AvgIpc) is 2.46. The first kappa shape index (κ1) is 6.86. The molecule has 0 unspecified atom stereocenters. The van der Waals surface area contributed by atoms with Crippen molar-refractivity contribution in [2.75, 3.05) is 0 Å². The van der Waals surface area contributed by atoms with Crippen LogP contribution in [0.25, 0.3) is 10.9 Å². The lowest BCUT2D eigenvalue weighted by atomic mass is 10.1. The van der Waals surface area contributed by atoms with E-state index in [-0.39, 0.29) is 0 Å². The second-order valence-electron chi connectivity index (χ2n) is 2.73. The number of aryl methyl sites for hydroxylation is 1. The first-order valence-electron chi connectivity index (χ1n) is 3.66. The molecule has 0 aliphatic carbocycles. The number of nitrogens with zero attached hydrogens (tertiary/aromatic N) is 2. The Labute approximate surface area is 69.6 Å². The highest BCUT2D eigenvalue weighted by atomic mass is 15.1. The summed E-state index contributed by atoms with van der Waals surface area (Å²) in [6.07, 6.45) is 0. The van der Waals surface area contributed by atoms with E-state index in [9.17, 15) is 0 Å². The van der Waals surface area contributed by atoms with Gasteiger partial charge in [0.1, 0.15) is 6.07 Å². The third-order valence-corrected chi connectivity index (χ3v) is 1.82. The van der Waals surface area contributed by atoms with Crippen molar-refractivity contribution in [1.82, 2.24) is 10.2 Å². The minimum absolute atomic E-state index is 0.463. The maximum absolute atomic E-state index is 8.66. The Hall–Kier alpha value is -1.82. The Bertz CT molecular complexity index is 462. The quantitative estimate of drug-likeness (QED) is 0.633. The van der Waals surface area contributed by atoms with Crippen molar-refractivity contribution in [3.05, 3.63) is 29.5 Å². The largest absolute Gasteiger partial charge is 0.276 e. The van der Waals surface area contributed by atoms with Gasteiger partial charge in [0, 0.05) is 5.39 Å². The Balaban J connectivity index is 2.84. The number of nitriles is 1. The minimum atomic E-state index is 0.463. The fourth-order valence-corrected chi connectivity index (χ4v) is 1.22. The van der Waals surface area contributed by atoms with Crippen LogP contribution >= 0.6 is 0 Å². The molecule has 0 saturated heterocycles. The molecule has 0 spiro atoms. The summed E-state index contributed by atoms with van der Waals surface area (Å²) in [5.74, 6) is 0. The summed E-state index contributed by atoms with van der Waals surface area (Å²) in [5.41, 5.74) is 2.55. The molecule has 3 heteroatoms. The van der Waals surface area contributed by atoms with E-state index in [2.05, 4.69) is 10.2 Å². The van der Waals surface area contributed by atoms with Gasteiger partial charge < -0.3 is 0 Å². The number of hydrogen-bond acceptors (Lipinski definition) is 2. The van der Waals surface area contributed by atoms with Gasteiger partial charge in [-0.25, -0.2) is 0 Å². The summed E-state index contributed by atoms with van der Waals surface area (Å²) in [6, 6.07) is 7.88. The van der Waals surface area contributed by atoms with Crippen LogP contribution in [-0.2, 0) is 0 Å². The predicted octanol–water partition coefficient (Wildman–Crippen LogP) is 1.74. The lowest BCUT2D eigenvalue weighted by Gasteiger charge is -1.90. The van der Waals surface area contributed by atoms with E-state index in [0.717, 1.165) is 16.5 Å². The van der Waals surface area contributed by atoms with Gasteiger partial charge in [0.2, 0.25) is 0 Å². The van der Waals surface area contributed by atoms with Crippen molar-refractivity contribution in [2.24, 2.45) is 0 Å². The molecule has 0 atom stereocenters. The van der Waals surface area contributed by atoms with Gasteiger partial charge in [-0.3, -0.25) is 5.10 Å². The average molecular weight is 157 g/mol. The number of fused-ring (bicyclic) bond motifs is 1. The molecule has 3 nitrogen and oxygen atoms in total. The van der Waals surface area contributed by atoms with Crippen molar-refractivity contribution in [1.29, 1.82) is 5.26 Å². The van der Waals surface area contributed by atoms with E-state index < -0.39 is 0 Å². The SMILES string of the molecule is Cc1ccc2c(C#N)n[nH]c2c1. The van der Waals surface area contributed by atoms with E-state index in [1.807, 2.05) is 31.2 Å². The molecule has 2 rings (SSSR count). The van der Waals surface area contributed by atoms with Crippen molar-refractivity contribution in [2.45, 2.75) is 6.92 Å². The number of hydrogen-bond donors (Lipinski definition) is 1. The van der Waals surface area contributed by atoms with Crippen LogP contribution in [0.1, 0.15) is 11.3 Å². The molecule has 0 fully saturated rings. The van der Waals surface area contributed by atoms with Crippen LogP contribution in [0.3, 0.4) is 0 Å². The molecule has 2 aromatic rings. The van der Waals surface area contributed by atoms with Crippen molar-refractivity contribution < 1.29 is 0 Å². The van der Waals surface area contributed by atoms with Crippen LogP contribution in [0.2, 0.25) is 0 Å². The van der Waals surface area contributed by atoms with Crippen LogP contribution in [-0.4, -0.2) is 10.2 Å². The Kier molecular flexibility index (Phi) is 1.34.